The van der Waals surface area contributed by atoms with Gasteiger partial charge in [-0.2, -0.15) is 5.26 Å². The molecule has 0 aromatic rings. The van der Waals surface area contributed by atoms with E-state index in [0.29, 0.717) is 12.5 Å². The lowest BCUT2D eigenvalue weighted by Crippen LogP contribution is -2.43. The molecule has 3 heteroatoms. The molecule has 2 atom stereocenters. The van der Waals surface area contributed by atoms with Gasteiger partial charge in [-0.05, 0) is 45.8 Å². The molecule has 1 fully saturated rings. The zero-order valence-corrected chi connectivity index (χ0v) is 9.29. The van der Waals surface area contributed by atoms with E-state index in [-0.39, 0.29) is 0 Å². The van der Waals surface area contributed by atoms with Crippen LogP contribution in [0.3, 0.4) is 0 Å². The van der Waals surface area contributed by atoms with Gasteiger partial charge in [-0.1, -0.05) is 0 Å². The van der Waals surface area contributed by atoms with Crippen LogP contribution in [0, 0.1) is 17.2 Å². The number of hydrogen-bond donors (Lipinski definition) is 1. The summed E-state index contributed by atoms with van der Waals surface area (Å²) >= 11 is 0. The Hall–Kier alpha value is -0.590. The van der Waals surface area contributed by atoms with E-state index < -0.39 is 0 Å². The molecule has 1 N–H and O–H groups in total. The van der Waals surface area contributed by atoms with E-state index in [9.17, 15) is 0 Å². The maximum Gasteiger partial charge on any atom is 0.0638 e. The molecule has 0 aliphatic carbocycles. The minimum Gasteiger partial charge on any atom is -0.319 e. The summed E-state index contributed by atoms with van der Waals surface area (Å²) in [4.78, 5) is 2.45. The monoisotopic (exact) mass is 195 g/mol. The molecule has 0 radical (unpaired) electrons. The summed E-state index contributed by atoms with van der Waals surface area (Å²) in [6, 6.07) is 2.68. The van der Waals surface area contributed by atoms with Crippen molar-refractivity contribution in [1.29, 1.82) is 5.26 Å². The molecule has 0 saturated carbocycles. The van der Waals surface area contributed by atoms with Crippen molar-refractivity contribution < 1.29 is 0 Å². The Bertz CT molecular complexity index is 195. The fourth-order valence-corrected chi connectivity index (χ4v) is 2.21. The third-order valence-corrected chi connectivity index (χ3v) is 3.05. The second-order valence-electron chi connectivity index (χ2n) is 4.27. The largest absolute Gasteiger partial charge is 0.319 e. The van der Waals surface area contributed by atoms with Crippen LogP contribution in [0.2, 0.25) is 0 Å². The van der Waals surface area contributed by atoms with Crippen molar-refractivity contribution in [3.63, 3.8) is 0 Å². The van der Waals surface area contributed by atoms with Gasteiger partial charge in [0.2, 0.25) is 0 Å². The number of hydrogen-bond acceptors (Lipinski definition) is 3. The molecule has 3 nitrogen and oxygen atoms in total. The average molecular weight is 195 g/mol. The highest BCUT2D eigenvalue weighted by molar-refractivity contribution is 4.83. The zero-order chi connectivity index (χ0) is 10.4. The smallest absolute Gasteiger partial charge is 0.0638 e. The van der Waals surface area contributed by atoms with Gasteiger partial charge in [0, 0.05) is 12.6 Å². The fraction of sp³-hybridized carbons (Fsp3) is 0.909. The van der Waals surface area contributed by atoms with Crippen LogP contribution in [0.1, 0.15) is 26.2 Å². The number of nitrogens with one attached hydrogen (secondary N) is 1. The first-order chi connectivity index (χ1) is 6.77. The predicted octanol–water partition coefficient (Wildman–Crippen LogP) is 1.22. The molecule has 1 saturated heterocycles. The number of likely N-dealkylation sites (tertiary alicyclic amines) is 1. The lowest BCUT2D eigenvalue weighted by atomic mass is 9.96. The Kier molecular flexibility index (Phi) is 4.92. The molecule has 0 bridgehead atoms. The van der Waals surface area contributed by atoms with Gasteiger partial charge in [0.05, 0.1) is 12.5 Å². The Morgan fingerprint density at radius 1 is 1.64 bits per heavy atom. The van der Waals surface area contributed by atoms with Crippen LogP contribution in [0.5, 0.6) is 0 Å². The van der Waals surface area contributed by atoms with Crippen LogP contribution in [0.15, 0.2) is 0 Å². The summed E-state index contributed by atoms with van der Waals surface area (Å²) < 4.78 is 0. The first-order valence-electron chi connectivity index (χ1n) is 5.53. The van der Waals surface area contributed by atoms with Crippen molar-refractivity contribution in [3.05, 3.63) is 0 Å². The standard InChI is InChI=1S/C11H21N3/c1-10(5-6-12)14-7-3-4-11(9-14)8-13-2/h10-11,13H,3-5,7-9H2,1-2H3. The highest BCUT2D eigenvalue weighted by Crippen LogP contribution is 2.18. The number of rotatable bonds is 4. The van der Waals surface area contributed by atoms with Crippen LogP contribution < -0.4 is 5.32 Å². The van der Waals surface area contributed by atoms with E-state index in [1.54, 1.807) is 0 Å². The summed E-state index contributed by atoms with van der Waals surface area (Å²) in [6.45, 7) is 5.59. The summed E-state index contributed by atoms with van der Waals surface area (Å²) in [5, 5.41) is 11.9. The molecule has 80 valence electrons. The number of nitrogens with zero attached hydrogens (tertiary/aromatic N) is 2. The van der Waals surface area contributed by atoms with Gasteiger partial charge in [-0.3, -0.25) is 4.90 Å². The molecular formula is C11H21N3. The maximum absolute atomic E-state index is 8.65. The molecule has 0 spiro atoms. The Morgan fingerprint density at radius 2 is 2.43 bits per heavy atom. The molecule has 1 rings (SSSR count). The van der Waals surface area contributed by atoms with Crippen LogP contribution in [-0.4, -0.2) is 37.6 Å². The molecule has 1 aliphatic heterocycles. The predicted molar refractivity (Wildman–Crippen MR) is 57.9 cm³/mol. The molecule has 14 heavy (non-hydrogen) atoms. The topological polar surface area (TPSA) is 39.1 Å². The van der Waals surface area contributed by atoms with E-state index in [1.807, 2.05) is 7.05 Å². The SMILES string of the molecule is CNCC1CCCN(C(C)CC#N)C1. The van der Waals surface area contributed by atoms with Crippen molar-refractivity contribution >= 4 is 0 Å². The fourth-order valence-electron chi connectivity index (χ4n) is 2.21. The normalized spacial score (nSPS) is 25.6. The van der Waals surface area contributed by atoms with E-state index in [0.717, 1.165) is 19.0 Å². The van der Waals surface area contributed by atoms with Crippen molar-refractivity contribution in [2.24, 2.45) is 5.92 Å². The highest BCUT2D eigenvalue weighted by atomic mass is 15.2. The van der Waals surface area contributed by atoms with Crippen molar-refractivity contribution in [2.45, 2.75) is 32.2 Å². The van der Waals surface area contributed by atoms with Gasteiger partial charge in [-0.15, -0.1) is 0 Å². The second-order valence-corrected chi connectivity index (χ2v) is 4.27. The van der Waals surface area contributed by atoms with E-state index in [1.165, 1.54) is 19.4 Å². The van der Waals surface area contributed by atoms with Crippen LogP contribution in [-0.2, 0) is 0 Å². The molecule has 2 unspecified atom stereocenters. The third-order valence-electron chi connectivity index (χ3n) is 3.05. The minimum absolute atomic E-state index is 0.430. The molecule has 0 amide bonds. The second kappa shape index (κ2) is 6.00. The zero-order valence-electron chi connectivity index (χ0n) is 9.29. The Morgan fingerprint density at radius 3 is 3.07 bits per heavy atom. The molecule has 1 aliphatic rings. The minimum atomic E-state index is 0.430. The summed E-state index contributed by atoms with van der Waals surface area (Å²) in [5.74, 6) is 0.773. The summed E-state index contributed by atoms with van der Waals surface area (Å²) in [5.41, 5.74) is 0. The quantitative estimate of drug-likeness (QED) is 0.733. The first kappa shape index (κ1) is 11.5. The summed E-state index contributed by atoms with van der Waals surface area (Å²) in [6.07, 6.45) is 3.27. The lowest BCUT2D eigenvalue weighted by Gasteiger charge is -2.36. The molecule has 0 aromatic heterocycles. The van der Waals surface area contributed by atoms with Crippen LogP contribution in [0.25, 0.3) is 0 Å². The molecule has 1 heterocycles. The van der Waals surface area contributed by atoms with Gasteiger partial charge < -0.3 is 5.32 Å². The maximum atomic E-state index is 8.65. The van der Waals surface area contributed by atoms with Gasteiger partial charge in [0.15, 0.2) is 0 Å². The van der Waals surface area contributed by atoms with Gasteiger partial charge in [-0.25, -0.2) is 0 Å². The average Bonchev–Trinajstić information content (AvgIpc) is 2.19. The van der Waals surface area contributed by atoms with Crippen LogP contribution in [0.4, 0.5) is 0 Å². The molecular weight excluding hydrogens is 174 g/mol. The highest BCUT2D eigenvalue weighted by Gasteiger charge is 2.22. The number of nitriles is 1. The van der Waals surface area contributed by atoms with Gasteiger partial charge in [0.1, 0.15) is 0 Å². The third kappa shape index (κ3) is 3.28. The van der Waals surface area contributed by atoms with E-state index in [4.69, 9.17) is 5.26 Å². The molecule has 0 aromatic carbocycles. The Balaban J connectivity index is 2.35. The Labute approximate surface area is 87.1 Å². The van der Waals surface area contributed by atoms with Crippen molar-refractivity contribution in [3.8, 4) is 6.07 Å². The van der Waals surface area contributed by atoms with Crippen molar-refractivity contribution in [1.82, 2.24) is 10.2 Å². The van der Waals surface area contributed by atoms with Crippen LogP contribution >= 0.6 is 0 Å². The number of piperidine rings is 1. The van der Waals surface area contributed by atoms with Crippen molar-refractivity contribution in [2.75, 3.05) is 26.7 Å². The summed E-state index contributed by atoms with van der Waals surface area (Å²) in [7, 11) is 2.01. The van der Waals surface area contributed by atoms with Gasteiger partial charge >= 0.3 is 0 Å². The first-order valence-corrected chi connectivity index (χ1v) is 5.53. The van der Waals surface area contributed by atoms with Gasteiger partial charge in [0.25, 0.3) is 0 Å². The lowest BCUT2D eigenvalue weighted by molar-refractivity contribution is 0.133. The van der Waals surface area contributed by atoms with E-state index in [2.05, 4.69) is 23.2 Å². The van der Waals surface area contributed by atoms with E-state index >= 15 is 0 Å².